The number of fused-ring (bicyclic) bond motifs is 1. The maximum absolute atomic E-state index is 10.9. The van der Waals surface area contributed by atoms with Crippen LogP contribution in [0.1, 0.15) is 10.5 Å². The van der Waals surface area contributed by atoms with Gasteiger partial charge in [0.1, 0.15) is 6.33 Å². The van der Waals surface area contributed by atoms with E-state index < -0.39 is 5.97 Å². The Morgan fingerprint density at radius 3 is 2.89 bits per heavy atom. The van der Waals surface area contributed by atoms with Gasteiger partial charge in [0.25, 0.3) is 0 Å². The molecule has 3 aromatic rings. The molecule has 0 atom stereocenters. The molecular weight excluding hydrogens is 248 g/mol. The van der Waals surface area contributed by atoms with Gasteiger partial charge in [0.15, 0.2) is 5.69 Å². The summed E-state index contributed by atoms with van der Waals surface area (Å²) in [5.41, 5.74) is 1.59. The van der Waals surface area contributed by atoms with E-state index in [1.807, 2.05) is 29.6 Å². The van der Waals surface area contributed by atoms with Gasteiger partial charge in [-0.1, -0.05) is 18.2 Å². The van der Waals surface area contributed by atoms with Crippen molar-refractivity contribution in [1.82, 2.24) is 9.97 Å². The molecule has 0 amide bonds. The minimum atomic E-state index is -1.04. The topological polar surface area (TPSA) is 63.1 Å². The highest BCUT2D eigenvalue weighted by atomic mass is 32.1. The molecule has 88 valence electrons. The lowest BCUT2D eigenvalue weighted by atomic mass is 10.1. The van der Waals surface area contributed by atoms with E-state index in [-0.39, 0.29) is 5.69 Å². The van der Waals surface area contributed by atoms with Crippen molar-refractivity contribution >= 4 is 27.4 Å². The van der Waals surface area contributed by atoms with Crippen LogP contribution in [-0.4, -0.2) is 21.0 Å². The summed E-state index contributed by atoms with van der Waals surface area (Å²) in [5, 5.41) is 12.0. The molecular formula is C13H8N2O2S. The largest absolute Gasteiger partial charge is 0.477 e. The number of rotatable bonds is 2. The average molecular weight is 256 g/mol. The van der Waals surface area contributed by atoms with Gasteiger partial charge in [-0.25, -0.2) is 14.8 Å². The maximum atomic E-state index is 10.9. The van der Waals surface area contributed by atoms with Crippen molar-refractivity contribution in [2.45, 2.75) is 0 Å². The zero-order chi connectivity index (χ0) is 12.5. The highest BCUT2D eigenvalue weighted by Crippen LogP contribution is 2.32. The quantitative estimate of drug-likeness (QED) is 0.765. The first-order valence-electron chi connectivity index (χ1n) is 5.27. The first kappa shape index (κ1) is 10.9. The molecule has 18 heavy (non-hydrogen) atoms. The second kappa shape index (κ2) is 4.19. The number of aromatic nitrogens is 2. The van der Waals surface area contributed by atoms with Crippen LogP contribution in [0.2, 0.25) is 0 Å². The van der Waals surface area contributed by atoms with Gasteiger partial charge in [0.05, 0.1) is 5.69 Å². The molecule has 5 heteroatoms. The number of hydrogen-bond donors (Lipinski definition) is 1. The summed E-state index contributed by atoms with van der Waals surface area (Å²) >= 11 is 1.62. The molecule has 0 saturated carbocycles. The third kappa shape index (κ3) is 1.74. The van der Waals surface area contributed by atoms with Gasteiger partial charge in [-0.2, -0.15) is 0 Å². The normalized spacial score (nSPS) is 10.7. The van der Waals surface area contributed by atoms with Crippen LogP contribution in [0.5, 0.6) is 0 Å². The molecule has 0 radical (unpaired) electrons. The maximum Gasteiger partial charge on any atom is 0.354 e. The Morgan fingerprint density at radius 1 is 1.22 bits per heavy atom. The van der Waals surface area contributed by atoms with Gasteiger partial charge in [-0.15, -0.1) is 11.3 Å². The first-order chi connectivity index (χ1) is 8.75. The van der Waals surface area contributed by atoms with Gasteiger partial charge in [0, 0.05) is 21.0 Å². The fourth-order valence-corrected chi connectivity index (χ4v) is 2.75. The summed E-state index contributed by atoms with van der Waals surface area (Å²) in [5.74, 6) is -1.04. The molecule has 0 spiro atoms. The minimum Gasteiger partial charge on any atom is -0.477 e. The third-order valence-electron chi connectivity index (χ3n) is 2.64. The lowest BCUT2D eigenvalue weighted by Crippen LogP contribution is -2.00. The smallest absolute Gasteiger partial charge is 0.354 e. The van der Waals surface area contributed by atoms with Crippen LogP contribution in [0.25, 0.3) is 21.3 Å². The zero-order valence-electron chi connectivity index (χ0n) is 9.20. The molecule has 1 aromatic carbocycles. The van der Waals surface area contributed by atoms with Crippen LogP contribution in [0.15, 0.2) is 42.0 Å². The monoisotopic (exact) mass is 256 g/mol. The number of thiophene rings is 1. The SMILES string of the molecule is O=C(O)c1cc(-c2csc3ccccc23)ncn1. The Kier molecular flexibility index (Phi) is 2.53. The van der Waals surface area contributed by atoms with E-state index in [1.54, 1.807) is 11.3 Å². The van der Waals surface area contributed by atoms with Crippen LogP contribution in [-0.2, 0) is 0 Å². The summed E-state index contributed by atoms with van der Waals surface area (Å²) in [6.45, 7) is 0. The molecule has 3 rings (SSSR count). The highest BCUT2D eigenvalue weighted by molar-refractivity contribution is 7.17. The Bertz CT molecular complexity index is 736. The van der Waals surface area contributed by atoms with Crippen molar-refractivity contribution in [2.24, 2.45) is 0 Å². The second-order valence-electron chi connectivity index (χ2n) is 3.74. The van der Waals surface area contributed by atoms with E-state index in [2.05, 4.69) is 9.97 Å². The minimum absolute atomic E-state index is 0.00952. The number of aromatic carboxylic acids is 1. The van der Waals surface area contributed by atoms with Gasteiger partial charge in [0.2, 0.25) is 0 Å². The number of nitrogens with zero attached hydrogens (tertiary/aromatic N) is 2. The van der Waals surface area contributed by atoms with Crippen LogP contribution >= 0.6 is 11.3 Å². The van der Waals surface area contributed by atoms with Crippen molar-refractivity contribution in [1.29, 1.82) is 0 Å². The van der Waals surface area contributed by atoms with Gasteiger partial charge in [-0.05, 0) is 12.1 Å². The van der Waals surface area contributed by atoms with Crippen molar-refractivity contribution in [2.75, 3.05) is 0 Å². The zero-order valence-corrected chi connectivity index (χ0v) is 10.0. The van der Waals surface area contributed by atoms with E-state index in [0.29, 0.717) is 5.69 Å². The number of carboxylic acids is 1. The van der Waals surface area contributed by atoms with E-state index >= 15 is 0 Å². The fraction of sp³-hybridized carbons (Fsp3) is 0. The summed E-state index contributed by atoms with van der Waals surface area (Å²) in [6, 6.07) is 9.46. The molecule has 0 aliphatic heterocycles. The molecule has 4 nitrogen and oxygen atoms in total. The lowest BCUT2D eigenvalue weighted by Gasteiger charge is -1.99. The fourth-order valence-electron chi connectivity index (χ4n) is 1.80. The number of carboxylic acid groups (broad SMARTS) is 1. The van der Waals surface area contributed by atoms with Crippen molar-refractivity contribution in [3.63, 3.8) is 0 Å². The molecule has 0 saturated heterocycles. The molecule has 0 fully saturated rings. The Hall–Kier alpha value is -2.27. The van der Waals surface area contributed by atoms with E-state index in [0.717, 1.165) is 15.6 Å². The Balaban J connectivity index is 2.20. The molecule has 2 heterocycles. The van der Waals surface area contributed by atoms with E-state index in [1.165, 1.54) is 12.4 Å². The summed E-state index contributed by atoms with van der Waals surface area (Å²) in [4.78, 5) is 18.8. The molecule has 0 bridgehead atoms. The van der Waals surface area contributed by atoms with Gasteiger partial charge < -0.3 is 5.11 Å². The van der Waals surface area contributed by atoms with Crippen LogP contribution in [0.3, 0.4) is 0 Å². The van der Waals surface area contributed by atoms with Crippen LogP contribution in [0, 0.1) is 0 Å². The van der Waals surface area contributed by atoms with Crippen LogP contribution in [0.4, 0.5) is 0 Å². The first-order valence-corrected chi connectivity index (χ1v) is 6.15. The van der Waals surface area contributed by atoms with Gasteiger partial charge >= 0.3 is 5.97 Å². The Morgan fingerprint density at radius 2 is 2.06 bits per heavy atom. The molecule has 0 aliphatic carbocycles. The Labute approximate surface area is 107 Å². The van der Waals surface area contributed by atoms with Crippen molar-refractivity contribution in [3.8, 4) is 11.3 Å². The molecule has 0 unspecified atom stereocenters. The second-order valence-corrected chi connectivity index (χ2v) is 4.65. The van der Waals surface area contributed by atoms with Gasteiger partial charge in [-0.3, -0.25) is 0 Å². The highest BCUT2D eigenvalue weighted by Gasteiger charge is 2.11. The van der Waals surface area contributed by atoms with Crippen molar-refractivity contribution < 1.29 is 9.90 Å². The number of hydrogen-bond acceptors (Lipinski definition) is 4. The molecule has 1 N–H and O–H groups in total. The summed E-state index contributed by atoms with van der Waals surface area (Å²) in [6.07, 6.45) is 1.28. The van der Waals surface area contributed by atoms with Crippen molar-refractivity contribution in [3.05, 3.63) is 47.7 Å². The van der Waals surface area contributed by atoms with Crippen LogP contribution < -0.4 is 0 Å². The number of carbonyl (C=O) groups is 1. The van der Waals surface area contributed by atoms with E-state index in [9.17, 15) is 4.79 Å². The summed E-state index contributed by atoms with van der Waals surface area (Å²) in [7, 11) is 0. The average Bonchev–Trinajstić information content (AvgIpc) is 2.82. The molecule has 0 aliphatic rings. The predicted molar refractivity (Wildman–Crippen MR) is 69.8 cm³/mol. The standard InChI is InChI=1S/C13H8N2O2S/c16-13(17)11-5-10(14-7-15-11)9-6-18-12-4-2-1-3-8(9)12/h1-7H,(H,16,17). The number of benzene rings is 1. The molecule has 2 aromatic heterocycles. The van der Waals surface area contributed by atoms with E-state index in [4.69, 9.17) is 5.11 Å². The lowest BCUT2D eigenvalue weighted by molar-refractivity contribution is 0.0690. The summed E-state index contributed by atoms with van der Waals surface area (Å²) < 4.78 is 1.16. The predicted octanol–water partition coefficient (Wildman–Crippen LogP) is 3.06. The third-order valence-corrected chi connectivity index (χ3v) is 3.61.